The van der Waals surface area contributed by atoms with E-state index in [2.05, 4.69) is 15.0 Å². The van der Waals surface area contributed by atoms with Crippen LogP contribution in [0.2, 0.25) is 0 Å². The van der Waals surface area contributed by atoms with E-state index in [0.717, 1.165) is 17.4 Å². The van der Waals surface area contributed by atoms with E-state index < -0.39 is 22.5 Å². The van der Waals surface area contributed by atoms with Crippen molar-refractivity contribution in [1.29, 1.82) is 0 Å². The molecule has 3 N–H and O–H groups in total. The number of alkyl halides is 2. The highest BCUT2D eigenvalue weighted by molar-refractivity contribution is 7.90. The Labute approximate surface area is 191 Å². The third-order valence-corrected chi connectivity index (χ3v) is 5.68. The van der Waals surface area contributed by atoms with Gasteiger partial charge < -0.3 is 20.5 Å². The van der Waals surface area contributed by atoms with Crippen LogP contribution in [0.15, 0.2) is 60.8 Å². The zero-order valence-electron chi connectivity index (χ0n) is 18.2. The van der Waals surface area contributed by atoms with Gasteiger partial charge >= 0.3 is 6.61 Å². The Hall–Kier alpha value is -3.40. The quantitative estimate of drug-likeness (QED) is 0.442. The highest BCUT2D eigenvalue weighted by Crippen LogP contribution is 2.35. The molecule has 0 amide bonds. The Balaban J connectivity index is 2.01. The van der Waals surface area contributed by atoms with Crippen molar-refractivity contribution in [3.8, 4) is 22.6 Å². The summed E-state index contributed by atoms with van der Waals surface area (Å²) in [6.45, 7) is -1.12. The number of halogens is 2. The first-order chi connectivity index (χ1) is 15.7. The number of rotatable bonds is 10. The minimum Gasteiger partial charge on any atom is -0.490 e. The van der Waals surface area contributed by atoms with Gasteiger partial charge in [0, 0.05) is 18.0 Å². The van der Waals surface area contributed by atoms with Crippen LogP contribution in [0, 0.1) is 0 Å². The molecule has 1 atom stereocenters. The summed E-state index contributed by atoms with van der Waals surface area (Å²) < 4.78 is 59.7. The molecule has 0 bridgehead atoms. The van der Waals surface area contributed by atoms with Crippen molar-refractivity contribution >= 4 is 21.3 Å². The lowest BCUT2D eigenvalue weighted by Crippen LogP contribution is -2.22. The fourth-order valence-electron chi connectivity index (χ4n) is 3.35. The van der Waals surface area contributed by atoms with Gasteiger partial charge in [0.1, 0.15) is 15.7 Å². The van der Waals surface area contributed by atoms with Gasteiger partial charge in [-0.05, 0) is 36.2 Å². The Kier molecular flexibility index (Phi) is 7.70. The molecule has 0 aliphatic heterocycles. The molecule has 3 aromatic rings. The molecule has 0 fully saturated rings. The minimum absolute atomic E-state index is 0.0783. The van der Waals surface area contributed by atoms with Gasteiger partial charge in [-0.15, -0.1) is 0 Å². The molecule has 1 unspecified atom stereocenters. The van der Waals surface area contributed by atoms with Gasteiger partial charge in [0.25, 0.3) is 0 Å². The Morgan fingerprint density at radius 1 is 1.09 bits per heavy atom. The number of ether oxygens (including phenoxy) is 2. The molecule has 0 aliphatic rings. The normalized spacial score (nSPS) is 12.4. The van der Waals surface area contributed by atoms with Crippen LogP contribution in [0.3, 0.4) is 0 Å². The zero-order valence-corrected chi connectivity index (χ0v) is 19.0. The van der Waals surface area contributed by atoms with Crippen LogP contribution < -0.4 is 20.5 Å². The maximum atomic E-state index is 12.7. The maximum Gasteiger partial charge on any atom is 0.387 e. The molecule has 0 radical (unpaired) electrons. The van der Waals surface area contributed by atoms with Gasteiger partial charge in [0.05, 0.1) is 24.1 Å². The average Bonchev–Trinajstić information content (AvgIpc) is 2.75. The minimum atomic E-state index is -3.44. The third kappa shape index (κ3) is 6.55. The Morgan fingerprint density at radius 2 is 1.82 bits per heavy atom. The summed E-state index contributed by atoms with van der Waals surface area (Å²) in [6.07, 6.45) is 2.68. The Bertz CT molecular complexity index is 1190. The van der Waals surface area contributed by atoms with Gasteiger partial charge in [-0.1, -0.05) is 36.4 Å². The van der Waals surface area contributed by atoms with Crippen molar-refractivity contribution in [2.45, 2.75) is 19.6 Å². The van der Waals surface area contributed by atoms with Crippen molar-refractivity contribution in [2.75, 3.05) is 29.7 Å². The predicted octanol–water partition coefficient (Wildman–Crippen LogP) is 4.53. The number of nitrogen functional groups attached to an aromatic ring is 1. The van der Waals surface area contributed by atoms with Crippen LogP contribution in [0.25, 0.3) is 11.1 Å². The smallest absolute Gasteiger partial charge is 0.387 e. The molecule has 0 saturated carbocycles. The lowest BCUT2D eigenvalue weighted by Gasteiger charge is -2.22. The van der Waals surface area contributed by atoms with Crippen molar-refractivity contribution in [2.24, 2.45) is 0 Å². The third-order valence-electron chi connectivity index (χ3n) is 4.74. The number of pyridine rings is 1. The van der Waals surface area contributed by atoms with Gasteiger partial charge in [-0.2, -0.15) is 8.78 Å². The summed E-state index contributed by atoms with van der Waals surface area (Å²) >= 11 is 0. The Morgan fingerprint density at radius 3 is 2.45 bits per heavy atom. The van der Waals surface area contributed by atoms with Crippen molar-refractivity contribution in [3.05, 3.63) is 66.4 Å². The summed E-state index contributed by atoms with van der Waals surface area (Å²) in [5.74, 6) is -0.0486. The van der Waals surface area contributed by atoms with E-state index in [4.69, 9.17) is 10.5 Å². The number of aromatic nitrogens is 1. The van der Waals surface area contributed by atoms with E-state index in [9.17, 15) is 17.2 Å². The highest BCUT2D eigenvalue weighted by Gasteiger charge is 2.22. The van der Waals surface area contributed by atoms with Crippen molar-refractivity contribution in [1.82, 2.24) is 4.98 Å². The standard InChI is InChI=1S/C23H25F2N3O4S/c1-3-31-20-13-16(9-10-19(20)32-23(24)25)18(14-33(2,29)30)28-22-21(26)17(11-12-27-22)15-7-5-4-6-8-15/h4-13,18,23H,3,14,26H2,1-2H3,(H,27,28). The number of hydrogen-bond donors (Lipinski definition) is 2. The van der Waals surface area contributed by atoms with E-state index in [1.165, 1.54) is 18.2 Å². The lowest BCUT2D eigenvalue weighted by molar-refractivity contribution is -0.0514. The number of anilines is 2. The number of nitrogens with two attached hydrogens (primary N) is 1. The summed E-state index contributed by atoms with van der Waals surface area (Å²) in [7, 11) is -3.44. The van der Waals surface area contributed by atoms with E-state index >= 15 is 0 Å². The van der Waals surface area contributed by atoms with Crippen molar-refractivity contribution < 1.29 is 26.7 Å². The van der Waals surface area contributed by atoms with E-state index in [1.54, 1.807) is 19.2 Å². The predicted molar refractivity (Wildman–Crippen MR) is 124 cm³/mol. The molecule has 33 heavy (non-hydrogen) atoms. The zero-order chi connectivity index (χ0) is 24.0. The second kappa shape index (κ2) is 10.5. The second-order valence-electron chi connectivity index (χ2n) is 7.29. The number of hydrogen-bond acceptors (Lipinski definition) is 7. The molecule has 0 saturated heterocycles. The molecule has 0 spiro atoms. The van der Waals surface area contributed by atoms with Crippen LogP contribution in [-0.4, -0.2) is 38.6 Å². The van der Waals surface area contributed by atoms with Crippen LogP contribution in [0.5, 0.6) is 11.5 Å². The van der Waals surface area contributed by atoms with Gasteiger partial charge in [0.2, 0.25) is 0 Å². The van der Waals surface area contributed by atoms with Crippen LogP contribution >= 0.6 is 0 Å². The van der Waals surface area contributed by atoms with Crippen LogP contribution in [0.1, 0.15) is 18.5 Å². The molecule has 1 heterocycles. The van der Waals surface area contributed by atoms with Crippen LogP contribution in [0.4, 0.5) is 20.3 Å². The van der Waals surface area contributed by atoms with Gasteiger partial charge in [0.15, 0.2) is 11.5 Å². The molecule has 3 rings (SSSR count). The molecule has 7 nitrogen and oxygen atoms in total. The number of benzene rings is 2. The molecule has 0 aliphatic carbocycles. The number of sulfone groups is 1. The van der Waals surface area contributed by atoms with Crippen LogP contribution in [-0.2, 0) is 9.84 Å². The maximum absolute atomic E-state index is 12.7. The summed E-state index contributed by atoms with van der Waals surface area (Å²) in [4.78, 5) is 4.29. The molecular formula is C23H25F2N3O4S. The SMILES string of the molecule is CCOc1cc(C(CS(C)(=O)=O)Nc2nccc(-c3ccccc3)c2N)ccc1OC(F)F. The van der Waals surface area contributed by atoms with E-state index in [1.807, 2.05) is 30.3 Å². The molecule has 2 aromatic carbocycles. The topological polar surface area (TPSA) is 104 Å². The monoisotopic (exact) mass is 477 g/mol. The second-order valence-corrected chi connectivity index (χ2v) is 9.48. The van der Waals surface area contributed by atoms with Crippen molar-refractivity contribution in [3.63, 3.8) is 0 Å². The first-order valence-corrected chi connectivity index (χ1v) is 12.2. The average molecular weight is 478 g/mol. The van der Waals surface area contributed by atoms with Gasteiger partial charge in [-0.25, -0.2) is 13.4 Å². The molecule has 1 aromatic heterocycles. The summed E-state index contributed by atoms with van der Waals surface area (Å²) in [5.41, 5.74) is 8.81. The summed E-state index contributed by atoms with van der Waals surface area (Å²) in [6, 6.07) is 14.7. The first-order valence-electron chi connectivity index (χ1n) is 10.1. The fraction of sp³-hybridized carbons (Fsp3) is 0.261. The van der Waals surface area contributed by atoms with Gasteiger partial charge in [-0.3, -0.25) is 0 Å². The first kappa shape index (κ1) is 24.2. The molecular weight excluding hydrogens is 452 g/mol. The molecule has 176 valence electrons. The molecule has 10 heteroatoms. The largest absolute Gasteiger partial charge is 0.490 e. The summed E-state index contributed by atoms with van der Waals surface area (Å²) in [5, 5.41) is 3.10. The number of nitrogens with zero attached hydrogens (tertiary/aromatic N) is 1. The lowest BCUT2D eigenvalue weighted by atomic mass is 10.0. The fourth-order valence-corrected chi connectivity index (χ4v) is 4.23. The highest BCUT2D eigenvalue weighted by atomic mass is 32.2. The number of nitrogens with one attached hydrogen (secondary N) is 1. The van der Waals surface area contributed by atoms with E-state index in [0.29, 0.717) is 17.1 Å². The van der Waals surface area contributed by atoms with E-state index in [-0.39, 0.29) is 23.9 Å².